The Morgan fingerprint density at radius 2 is 1.77 bits per heavy atom. The zero-order valence-corrected chi connectivity index (χ0v) is 25.8. The molecule has 2 aromatic heterocycles. The summed E-state index contributed by atoms with van der Waals surface area (Å²) < 4.78 is 38.5. The SMILES string of the molecule is CCCCCCOC(=O)C(C)(C)N[P@](=O)(CO[C@H](C)Cn1cnc2c(N)ncnc21)OC(C)(C)C(=O)OC(C)C. The summed E-state index contributed by atoms with van der Waals surface area (Å²) >= 11 is 0. The Morgan fingerprint density at radius 1 is 1.07 bits per heavy atom. The van der Waals surface area contributed by atoms with Gasteiger partial charge in [0.1, 0.15) is 23.7 Å². The lowest BCUT2D eigenvalue weighted by molar-refractivity contribution is -0.163. The molecule has 13 nitrogen and oxygen atoms in total. The molecule has 0 spiro atoms. The van der Waals surface area contributed by atoms with E-state index in [-0.39, 0.29) is 12.4 Å². The molecule has 0 radical (unpaired) electrons. The Labute approximate surface area is 236 Å². The van der Waals surface area contributed by atoms with Crippen molar-refractivity contribution < 1.29 is 32.9 Å². The summed E-state index contributed by atoms with van der Waals surface area (Å²) in [6.45, 7) is 13.8. The zero-order valence-electron chi connectivity index (χ0n) is 24.9. The monoisotopic (exact) mass is 584 g/mol. The van der Waals surface area contributed by atoms with Crippen LogP contribution in [0, 0.1) is 0 Å². The third-order valence-corrected chi connectivity index (χ3v) is 7.95. The topological polar surface area (TPSA) is 170 Å². The first-order valence-electron chi connectivity index (χ1n) is 13.6. The molecule has 2 rings (SSSR count). The van der Waals surface area contributed by atoms with E-state index in [2.05, 4.69) is 27.0 Å². The van der Waals surface area contributed by atoms with Gasteiger partial charge in [-0.3, -0.25) is 13.9 Å². The van der Waals surface area contributed by atoms with Crippen LogP contribution in [-0.2, 0) is 39.4 Å². The maximum atomic E-state index is 14.2. The normalized spacial score (nSPS) is 14.7. The van der Waals surface area contributed by atoms with Crippen LogP contribution < -0.4 is 10.8 Å². The Kier molecular flexibility index (Phi) is 12.0. The van der Waals surface area contributed by atoms with Crippen LogP contribution in [0.4, 0.5) is 5.82 Å². The van der Waals surface area contributed by atoms with Gasteiger partial charge in [-0.2, -0.15) is 0 Å². The summed E-state index contributed by atoms with van der Waals surface area (Å²) in [7, 11) is -4.01. The highest BCUT2D eigenvalue weighted by Crippen LogP contribution is 2.49. The number of esters is 2. The summed E-state index contributed by atoms with van der Waals surface area (Å²) in [5.41, 5.74) is 3.86. The molecule has 0 unspecified atom stereocenters. The number of unbranched alkanes of at least 4 members (excludes halogenated alkanes) is 3. The number of rotatable bonds is 17. The number of carbonyl (C=O) groups excluding carboxylic acids is 2. The van der Waals surface area contributed by atoms with Crippen LogP contribution >= 0.6 is 7.52 Å². The standard InChI is InChI=1S/C26H45N6O7P/c1-9-10-11-12-13-36-23(33)25(5,6)31-40(35,39-26(7,8)24(34)38-18(2)3)17-37-19(4)14-32-16-30-20-21(27)28-15-29-22(20)32/h15-16,18-19H,9-14,17H2,1-8H3,(H,31,35)(H2,27,28,29)/t19-,40+/m1/s1. The van der Waals surface area contributed by atoms with E-state index in [9.17, 15) is 14.2 Å². The lowest BCUT2D eigenvalue weighted by Gasteiger charge is -2.34. The van der Waals surface area contributed by atoms with Gasteiger partial charge in [0.2, 0.25) is 0 Å². The second kappa shape index (κ2) is 14.3. The van der Waals surface area contributed by atoms with Crippen molar-refractivity contribution in [1.29, 1.82) is 0 Å². The van der Waals surface area contributed by atoms with Gasteiger partial charge in [0.15, 0.2) is 17.1 Å². The molecule has 0 bridgehead atoms. The van der Waals surface area contributed by atoms with Crippen LogP contribution in [0.15, 0.2) is 12.7 Å². The van der Waals surface area contributed by atoms with Crippen molar-refractivity contribution in [2.45, 2.75) is 111 Å². The highest BCUT2D eigenvalue weighted by atomic mass is 31.2. The van der Waals surface area contributed by atoms with Gasteiger partial charge in [0, 0.05) is 0 Å². The van der Waals surface area contributed by atoms with Gasteiger partial charge in [-0.25, -0.2) is 24.8 Å². The first-order valence-corrected chi connectivity index (χ1v) is 15.4. The number of carbonyl (C=O) groups is 2. The third kappa shape index (κ3) is 9.79. The molecule has 0 aliphatic rings. The smallest absolute Gasteiger partial charge is 0.338 e. The number of nitrogens with one attached hydrogen (secondary N) is 1. The molecule has 0 fully saturated rings. The molecule has 0 amide bonds. The number of fused-ring (bicyclic) bond motifs is 1. The molecule has 2 heterocycles. The van der Waals surface area contributed by atoms with E-state index in [0.717, 1.165) is 25.7 Å². The third-order valence-electron chi connectivity index (χ3n) is 5.81. The maximum Gasteiger partial charge on any atom is 0.338 e. The van der Waals surface area contributed by atoms with Gasteiger partial charge in [0.05, 0.1) is 31.7 Å². The molecule has 2 aromatic rings. The quantitative estimate of drug-likeness (QED) is 0.155. The summed E-state index contributed by atoms with van der Waals surface area (Å²) in [6, 6.07) is 0. The van der Waals surface area contributed by atoms with E-state index in [0.29, 0.717) is 17.7 Å². The average Bonchev–Trinajstić information content (AvgIpc) is 3.25. The molecule has 0 saturated heterocycles. The van der Waals surface area contributed by atoms with Crippen LogP contribution in [0.3, 0.4) is 0 Å². The second-order valence-corrected chi connectivity index (χ2v) is 13.1. The number of anilines is 1. The Balaban J connectivity index is 2.18. The molecule has 0 aliphatic carbocycles. The molecular weight excluding hydrogens is 539 g/mol. The molecular formula is C26H45N6O7P. The van der Waals surface area contributed by atoms with Crippen molar-refractivity contribution >= 4 is 36.4 Å². The molecule has 3 N–H and O–H groups in total. The second-order valence-electron chi connectivity index (χ2n) is 11.1. The van der Waals surface area contributed by atoms with Crippen molar-refractivity contribution in [3.63, 3.8) is 0 Å². The van der Waals surface area contributed by atoms with Crippen LogP contribution in [0.25, 0.3) is 11.2 Å². The number of ether oxygens (including phenoxy) is 3. The average molecular weight is 585 g/mol. The van der Waals surface area contributed by atoms with E-state index in [4.69, 9.17) is 24.5 Å². The van der Waals surface area contributed by atoms with E-state index < -0.39 is 49.2 Å². The van der Waals surface area contributed by atoms with Crippen molar-refractivity contribution in [2.75, 3.05) is 18.7 Å². The van der Waals surface area contributed by atoms with Crippen molar-refractivity contribution in [3.05, 3.63) is 12.7 Å². The molecule has 2 atom stereocenters. The lowest BCUT2D eigenvalue weighted by Crippen LogP contribution is -2.49. The minimum absolute atomic E-state index is 0.252. The Bertz CT molecular complexity index is 1180. The van der Waals surface area contributed by atoms with Gasteiger partial charge < -0.3 is 24.5 Å². The van der Waals surface area contributed by atoms with E-state index in [1.54, 1.807) is 45.5 Å². The minimum Gasteiger partial charge on any atom is -0.464 e. The first-order chi connectivity index (χ1) is 18.6. The number of imidazole rings is 1. The lowest BCUT2D eigenvalue weighted by atomic mass is 10.1. The van der Waals surface area contributed by atoms with Gasteiger partial charge >= 0.3 is 11.9 Å². The number of nitrogens with two attached hydrogens (primary N) is 1. The fourth-order valence-corrected chi connectivity index (χ4v) is 6.14. The zero-order chi connectivity index (χ0) is 30.1. The fraction of sp³-hybridized carbons (Fsp3) is 0.731. The van der Waals surface area contributed by atoms with Gasteiger partial charge in [-0.1, -0.05) is 26.2 Å². The largest absolute Gasteiger partial charge is 0.464 e. The van der Waals surface area contributed by atoms with Crippen molar-refractivity contribution in [3.8, 4) is 0 Å². The summed E-state index contributed by atoms with van der Waals surface area (Å²) in [6.07, 6.45) is 5.37. The first kappa shape index (κ1) is 33.6. The molecule has 14 heteroatoms. The summed E-state index contributed by atoms with van der Waals surface area (Å²) in [5, 5.41) is 2.81. The summed E-state index contributed by atoms with van der Waals surface area (Å²) in [4.78, 5) is 38.0. The minimum atomic E-state index is -4.01. The maximum absolute atomic E-state index is 14.2. The molecule has 0 aromatic carbocycles. The Morgan fingerprint density at radius 3 is 2.42 bits per heavy atom. The van der Waals surface area contributed by atoms with Gasteiger partial charge in [0.25, 0.3) is 7.52 Å². The van der Waals surface area contributed by atoms with E-state index in [1.165, 1.54) is 20.2 Å². The highest BCUT2D eigenvalue weighted by Gasteiger charge is 2.44. The number of aromatic nitrogens is 4. The van der Waals surface area contributed by atoms with Crippen LogP contribution in [-0.4, -0.2) is 67.8 Å². The van der Waals surface area contributed by atoms with E-state index >= 15 is 0 Å². The molecule has 40 heavy (non-hydrogen) atoms. The van der Waals surface area contributed by atoms with Gasteiger partial charge in [-0.15, -0.1) is 0 Å². The van der Waals surface area contributed by atoms with Crippen molar-refractivity contribution in [2.24, 2.45) is 0 Å². The molecule has 0 aliphatic heterocycles. The summed E-state index contributed by atoms with van der Waals surface area (Å²) in [5.74, 6) is -1.03. The number of nitrogens with zero attached hydrogens (tertiary/aromatic N) is 4. The van der Waals surface area contributed by atoms with Gasteiger partial charge in [-0.05, 0) is 54.9 Å². The predicted octanol–water partition coefficient (Wildman–Crippen LogP) is 4.20. The van der Waals surface area contributed by atoms with Crippen LogP contribution in [0.5, 0.6) is 0 Å². The molecule has 226 valence electrons. The number of nitrogen functional groups attached to an aromatic ring is 1. The number of hydrogen-bond acceptors (Lipinski definition) is 11. The predicted molar refractivity (Wildman–Crippen MR) is 151 cm³/mol. The fourth-order valence-electron chi connectivity index (χ4n) is 3.78. The van der Waals surface area contributed by atoms with Crippen LogP contribution in [0.1, 0.15) is 81.1 Å². The highest BCUT2D eigenvalue weighted by molar-refractivity contribution is 7.56. The molecule has 0 saturated carbocycles. The Hall–Kier alpha value is -2.60. The van der Waals surface area contributed by atoms with Crippen LogP contribution in [0.2, 0.25) is 0 Å². The van der Waals surface area contributed by atoms with Crippen molar-refractivity contribution in [1.82, 2.24) is 24.6 Å². The number of hydrogen-bond donors (Lipinski definition) is 2. The van der Waals surface area contributed by atoms with E-state index in [1.807, 2.05) is 0 Å².